The minimum absolute atomic E-state index is 0.0543. The zero-order chi connectivity index (χ0) is 20.5. The van der Waals surface area contributed by atoms with Crippen LogP contribution in [0, 0.1) is 0 Å². The van der Waals surface area contributed by atoms with E-state index >= 15 is 0 Å². The lowest BCUT2D eigenvalue weighted by atomic mass is 10.0. The number of amides is 1. The van der Waals surface area contributed by atoms with Gasteiger partial charge in [-0.25, -0.2) is 0 Å². The summed E-state index contributed by atoms with van der Waals surface area (Å²) in [7, 11) is -2.06. The molecule has 0 bridgehead atoms. The monoisotopic (exact) mass is 433 g/mol. The average molecular weight is 434 g/mol. The summed E-state index contributed by atoms with van der Waals surface area (Å²) in [5, 5.41) is 0. The van der Waals surface area contributed by atoms with Crippen molar-refractivity contribution >= 4 is 24.9 Å². The third-order valence-corrected chi connectivity index (χ3v) is 6.58. The lowest BCUT2D eigenvalue weighted by Gasteiger charge is -2.16. The molecule has 0 aromatic carbocycles. The van der Waals surface area contributed by atoms with Gasteiger partial charge in [0.2, 0.25) is 5.91 Å². The molecule has 2 atom stereocenters. The van der Waals surface area contributed by atoms with E-state index in [2.05, 4.69) is 6.92 Å². The number of carbonyl (C=O) groups is 1. The van der Waals surface area contributed by atoms with Gasteiger partial charge in [0.05, 0.1) is 6.10 Å². The summed E-state index contributed by atoms with van der Waals surface area (Å²) in [4.78, 5) is 23.3. The summed E-state index contributed by atoms with van der Waals surface area (Å²) in [5.74, 6) is 0.233. The Bertz CT molecular complexity index is 423. The van der Waals surface area contributed by atoms with Crippen LogP contribution in [0.5, 0.6) is 0 Å². The molecule has 1 fully saturated rings. The number of likely N-dealkylation sites (tertiary alicyclic amines) is 1. The molecule has 166 valence electrons. The Labute approximate surface area is 179 Å². The topological polar surface area (TPSA) is 49.8 Å². The summed E-state index contributed by atoms with van der Waals surface area (Å²) < 4.78 is 5.30. The minimum Gasteiger partial charge on any atom is -0.347 e. The van der Waals surface area contributed by atoms with Crippen molar-refractivity contribution in [2.24, 2.45) is 0 Å². The number of carbonyl (C=O) groups excluding carboxylic acids is 1. The maximum Gasteiger partial charge on any atom is 0.222 e. The molecule has 0 spiro atoms. The molecule has 1 unspecified atom stereocenters. The van der Waals surface area contributed by atoms with Crippen molar-refractivity contribution in [3.05, 3.63) is 0 Å². The van der Waals surface area contributed by atoms with E-state index < -0.39 is 7.15 Å². The Balaban J connectivity index is 1.82. The summed E-state index contributed by atoms with van der Waals surface area (Å²) in [6.07, 6.45) is 21.5. The standard InChI is InChI=1S/C22H44NO3PS/c1-2-3-4-5-6-7-8-9-10-11-12-13-14-15-16-17-22(24)23-19-18-21(20-23)26-27(25)28/h21,27H,2-20H2,1H3,(H,25,28)/t21-/m0/s1. The molecule has 1 amide bonds. The largest absolute Gasteiger partial charge is 0.347 e. The zero-order valence-electron chi connectivity index (χ0n) is 18.1. The molecule has 6 heteroatoms. The van der Waals surface area contributed by atoms with E-state index in [4.69, 9.17) is 16.3 Å². The second-order valence-corrected chi connectivity index (χ2v) is 10.1. The highest BCUT2D eigenvalue weighted by atomic mass is 32.4. The molecule has 4 nitrogen and oxygen atoms in total. The van der Waals surface area contributed by atoms with Gasteiger partial charge in [-0.1, -0.05) is 96.8 Å². The number of rotatable bonds is 18. The smallest absolute Gasteiger partial charge is 0.222 e. The fourth-order valence-electron chi connectivity index (χ4n) is 4.00. The highest BCUT2D eigenvalue weighted by molar-refractivity contribution is 8.00. The van der Waals surface area contributed by atoms with E-state index in [-0.39, 0.29) is 12.0 Å². The van der Waals surface area contributed by atoms with E-state index in [1.165, 1.54) is 83.5 Å². The van der Waals surface area contributed by atoms with Gasteiger partial charge in [-0.2, -0.15) is 0 Å². The molecule has 0 aliphatic carbocycles. The first-order valence-corrected chi connectivity index (χ1v) is 14.3. The van der Waals surface area contributed by atoms with Crippen LogP contribution in [0.2, 0.25) is 0 Å². The molecule has 0 aromatic heterocycles. The zero-order valence-corrected chi connectivity index (χ0v) is 19.9. The van der Waals surface area contributed by atoms with Gasteiger partial charge in [0, 0.05) is 19.5 Å². The molecule has 1 heterocycles. The molecule has 1 aliphatic heterocycles. The van der Waals surface area contributed by atoms with Crippen LogP contribution in [-0.4, -0.2) is 34.9 Å². The Morgan fingerprint density at radius 3 is 1.86 bits per heavy atom. The van der Waals surface area contributed by atoms with Crippen LogP contribution in [0.3, 0.4) is 0 Å². The van der Waals surface area contributed by atoms with Crippen LogP contribution in [-0.2, 0) is 21.1 Å². The van der Waals surface area contributed by atoms with Gasteiger partial charge in [-0.3, -0.25) is 4.79 Å². The Morgan fingerprint density at radius 2 is 1.39 bits per heavy atom. The van der Waals surface area contributed by atoms with Crippen molar-refractivity contribution in [2.45, 2.75) is 122 Å². The van der Waals surface area contributed by atoms with Crippen LogP contribution < -0.4 is 0 Å². The van der Waals surface area contributed by atoms with Crippen LogP contribution in [0.25, 0.3) is 0 Å². The van der Waals surface area contributed by atoms with Crippen LogP contribution in [0.15, 0.2) is 0 Å². The Hall–Kier alpha value is 0.0400. The van der Waals surface area contributed by atoms with Gasteiger partial charge in [0.15, 0.2) is 7.15 Å². The van der Waals surface area contributed by atoms with Crippen molar-refractivity contribution in [3.8, 4) is 0 Å². The van der Waals surface area contributed by atoms with Crippen molar-refractivity contribution in [2.75, 3.05) is 13.1 Å². The maximum atomic E-state index is 12.2. The summed E-state index contributed by atoms with van der Waals surface area (Å²) in [6.45, 7) is 3.62. The van der Waals surface area contributed by atoms with E-state index in [9.17, 15) is 9.69 Å². The molecule has 0 saturated carbocycles. The fourth-order valence-corrected chi connectivity index (χ4v) is 4.88. The molecule has 1 N–H and O–H groups in total. The predicted octanol–water partition coefficient (Wildman–Crippen LogP) is 6.36. The van der Waals surface area contributed by atoms with Crippen molar-refractivity contribution in [1.29, 1.82) is 0 Å². The molecule has 1 aliphatic rings. The van der Waals surface area contributed by atoms with E-state index in [1.807, 2.05) is 4.90 Å². The number of hydrogen-bond donors (Lipinski definition) is 1. The second kappa shape index (κ2) is 17.9. The average Bonchev–Trinajstić information content (AvgIpc) is 3.12. The highest BCUT2D eigenvalue weighted by Gasteiger charge is 2.26. The van der Waals surface area contributed by atoms with Crippen LogP contribution >= 0.6 is 7.15 Å². The molecule has 1 rings (SSSR count). The van der Waals surface area contributed by atoms with Crippen molar-refractivity contribution in [3.63, 3.8) is 0 Å². The third-order valence-electron chi connectivity index (χ3n) is 5.76. The van der Waals surface area contributed by atoms with Gasteiger partial charge in [0.1, 0.15) is 0 Å². The SMILES string of the molecule is CCCCCCCCCCCCCCCCCC(=O)N1CC[C@H](O[PH](O)=S)C1. The summed E-state index contributed by atoms with van der Waals surface area (Å²) >= 11 is 4.72. The maximum absolute atomic E-state index is 12.2. The quantitative estimate of drug-likeness (QED) is 0.202. The normalized spacial score (nSPS) is 17.9. The van der Waals surface area contributed by atoms with Gasteiger partial charge in [-0.15, -0.1) is 0 Å². The van der Waals surface area contributed by atoms with E-state index in [1.54, 1.807) is 0 Å². The summed E-state index contributed by atoms with van der Waals surface area (Å²) in [6, 6.07) is 0. The number of nitrogens with zero attached hydrogens (tertiary/aromatic N) is 1. The molecule has 1 saturated heterocycles. The first-order valence-electron chi connectivity index (χ1n) is 11.8. The van der Waals surface area contributed by atoms with Gasteiger partial charge >= 0.3 is 0 Å². The first kappa shape index (κ1) is 26.1. The van der Waals surface area contributed by atoms with Gasteiger partial charge in [-0.05, 0) is 24.6 Å². The highest BCUT2D eigenvalue weighted by Crippen LogP contribution is 2.25. The van der Waals surface area contributed by atoms with Gasteiger partial charge in [0.25, 0.3) is 0 Å². The Kier molecular flexibility index (Phi) is 16.6. The summed E-state index contributed by atoms with van der Waals surface area (Å²) in [5.41, 5.74) is 0. The van der Waals surface area contributed by atoms with E-state index in [0.29, 0.717) is 13.0 Å². The fraction of sp³-hybridized carbons (Fsp3) is 0.955. The first-order chi connectivity index (χ1) is 13.6. The minimum atomic E-state index is -2.06. The van der Waals surface area contributed by atoms with E-state index in [0.717, 1.165) is 25.8 Å². The molecular formula is C22H44NO3PS. The Morgan fingerprint density at radius 1 is 0.929 bits per heavy atom. The second-order valence-electron chi connectivity index (χ2n) is 8.33. The molecular weight excluding hydrogens is 389 g/mol. The lowest BCUT2D eigenvalue weighted by molar-refractivity contribution is -0.130. The molecule has 0 radical (unpaired) electrons. The van der Waals surface area contributed by atoms with Crippen LogP contribution in [0.4, 0.5) is 0 Å². The molecule has 28 heavy (non-hydrogen) atoms. The van der Waals surface area contributed by atoms with Crippen molar-refractivity contribution < 1.29 is 14.2 Å². The van der Waals surface area contributed by atoms with Crippen LogP contribution in [0.1, 0.15) is 116 Å². The van der Waals surface area contributed by atoms with Crippen molar-refractivity contribution in [1.82, 2.24) is 4.90 Å². The molecule has 0 aromatic rings. The lowest BCUT2D eigenvalue weighted by Crippen LogP contribution is -2.29. The third kappa shape index (κ3) is 14.1. The van der Waals surface area contributed by atoms with Gasteiger partial charge < -0.3 is 14.3 Å². The predicted molar refractivity (Wildman–Crippen MR) is 124 cm³/mol. The number of unbranched alkanes of at least 4 members (excludes halogenated alkanes) is 14. The number of hydrogen-bond acceptors (Lipinski definition) is 3.